The third kappa shape index (κ3) is 6.30. The van der Waals surface area contributed by atoms with Gasteiger partial charge in [-0.05, 0) is 34.1 Å². The molecule has 0 aromatic rings. The maximum atomic E-state index is 11.4. The lowest BCUT2D eigenvalue weighted by Crippen LogP contribution is -2.51. The van der Waals surface area contributed by atoms with Crippen molar-refractivity contribution in [3.63, 3.8) is 0 Å². The first-order valence-electron chi connectivity index (χ1n) is 4.95. The van der Waals surface area contributed by atoms with Gasteiger partial charge in [-0.25, -0.2) is 4.79 Å². The Kier molecular flexibility index (Phi) is 5.03. The lowest BCUT2D eigenvalue weighted by molar-refractivity contribution is 0.0388. The van der Waals surface area contributed by atoms with E-state index in [2.05, 4.69) is 5.32 Å². The van der Waals surface area contributed by atoms with Gasteiger partial charge in [-0.15, -0.1) is 0 Å². The predicted octanol–water partition coefficient (Wildman–Crippen LogP) is 0.644. The van der Waals surface area contributed by atoms with Crippen LogP contribution in [0, 0.1) is 0 Å². The molecule has 3 N–H and O–H groups in total. The van der Waals surface area contributed by atoms with Crippen molar-refractivity contribution in [3.05, 3.63) is 0 Å². The summed E-state index contributed by atoms with van der Waals surface area (Å²) in [7, 11) is 0. The van der Waals surface area contributed by atoms with Crippen molar-refractivity contribution in [2.75, 3.05) is 13.2 Å². The fraction of sp³-hybridized carbons (Fsp3) is 0.900. The highest BCUT2D eigenvalue weighted by atomic mass is 16.6. The number of hydrogen-bond donors (Lipinski definition) is 3. The molecule has 0 radical (unpaired) electrons. The number of amides is 1. The maximum absolute atomic E-state index is 11.4. The number of alkyl carbamates (subject to hydrolysis) is 1. The molecule has 0 bridgehead atoms. The van der Waals surface area contributed by atoms with Crippen molar-refractivity contribution in [2.24, 2.45) is 0 Å². The van der Waals surface area contributed by atoms with E-state index in [9.17, 15) is 4.79 Å². The summed E-state index contributed by atoms with van der Waals surface area (Å²) in [5.41, 5.74) is -1.41. The quantitative estimate of drug-likeness (QED) is 0.648. The minimum Gasteiger partial charge on any atom is -0.444 e. The number of carbonyl (C=O) groups excluding carboxylic acids is 1. The van der Waals surface area contributed by atoms with Crippen LogP contribution in [0.1, 0.15) is 34.1 Å². The average molecular weight is 219 g/mol. The first-order chi connectivity index (χ1) is 6.72. The minimum absolute atomic E-state index is 0.104. The number of rotatable bonds is 4. The van der Waals surface area contributed by atoms with Crippen LogP contribution < -0.4 is 5.32 Å². The summed E-state index contributed by atoms with van der Waals surface area (Å²) in [4.78, 5) is 11.4. The van der Waals surface area contributed by atoms with E-state index < -0.39 is 17.2 Å². The summed E-state index contributed by atoms with van der Waals surface area (Å²) in [5, 5.41) is 20.4. The summed E-state index contributed by atoms with van der Waals surface area (Å²) in [6.45, 7) is 6.57. The van der Waals surface area contributed by atoms with Crippen LogP contribution in [0.2, 0.25) is 0 Å². The van der Waals surface area contributed by atoms with Crippen LogP contribution in [0.5, 0.6) is 0 Å². The third-order valence-corrected chi connectivity index (χ3v) is 1.82. The molecule has 0 heterocycles. The second-order valence-electron chi connectivity index (χ2n) is 4.82. The Bertz CT molecular complexity index is 212. The Morgan fingerprint density at radius 2 is 1.80 bits per heavy atom. The highest BCUT2D eigenvalue weighted by Gasteiger charge is 2.27. The molecular formula is C10H21NO4. The van der Waals surface area contributed by atoms with Gasteiger partial charge in [0.05, 0.1) is 12.1 Å². The van der Waals surface area contributed by atoms with E-state index in [1.165, 1.54) is 0 Å². The zero-order valence-corrected chi connectivity index (χ0v) is 9.83. The molecule has 0 saturated carbocycles. The molecule has 0 fully saturated rings. The van der Waals surface area contributed by atoms with E-state index >= 15 is 0 Å². The Hall–Kier alpha value is -0.810. The van der Waals surface area contributed by atoms with Gasteiger partial charge in [-0.1, -0.05) is 0 Å². The molecule has 0 aliphatic rings. The van der Waals surface area contributed by atoms with Crippen molar-refractivity contribution in [1.82, 2.24) is 5.32 Å². The maximum Gasteiger partial charge on any atom is 0.408 e. The SMILES string of the molecule is CC(C)(C)OC(=O)N[C@](C)(CO)CCO. The van der Waals surface area contributed by atoms with Gasteiger partial charge in [-0.2, -0.15) is 0 Å². The lowest BCUT2D eigenvalue weighted by Gasteiger charge is -2.29. The Balaban J connectivity index is 4.24. The molecule has 15 heavy (non-hydrogen) atoms. The molecule has 5 nitrogen and oxygen atoms in total. The summed E-state index contributed by atoms with van der Waals surface area (Å²) >= 11 is 0. The van der Waals surface area contributed by atoms with Gasteiger partial charge in [0.15, 0.2) is 0 Å². The molecule has 1 atom stereocenters. The highest BCUT2D eigenvalue weighted by molar-refractivity contribution is 5.68. The van der Waals surface area contributed by atoms with E-state index in [0.29, 0.717) is 0 Å². The molecule has 5 heteroatoms. The first-order valence-corrected chi connectivity index (χ1v) is 4.95. The predicted molar refractivity (Wildman–Crippen MR) is 56.6 cm³/mol. The van der Waals surface area contributed by atoms with Crippen LogP contribution in [0.25, 0.3) is 0 Å². The van der Waals surface area contributed by atoms with Crippen molar-refractivity contribution < 1.29 is 19.7 Å². The summed E-state index contributed by atoms with van der Waals surface area (Å²) in [5.74, 6) is 0. The van der Waals surface area contributed by atoms with Crippen LogP contribution in [-0.4, -0.2) is 40.7 Å². The molecule has 0 aromatic heterocycles. The number of hydrogen-bond acceptors (Lipinski definition) is 4. The molecule has 0 aliphatic heterocycles. The van der Waals surface area contributed by atoms with Gasteiger partial charge in [0.25, 0.3) is 0 Å². The number of aliphatic hydroxyl groups is 2. The third-order valence-electron chi connectivity index (χ3n) is 1.82. The van der Waals surface area contributed by atoms with Crippen molar-refractivity contribution in [2.45, 2.75) is 45.3 Å². The molecule has 0 rings (SSSR count). The number of aliphatic hydroxyl groups excluding tert-OH is 2. The van der Waals surface area contributed by atoms with Gasteiger partial charge < -0.3 is 20.3 Å². The summed E-state index contributed by atoms with van der Waals surface area (Å²) in [6, 6.07) is 0. The smallest absolute Gasteiger partial charge is 0.408 e. The second-order valence-corrected chi connectivity index (χ2v) is 4.82. The molecule has 1 amide bonds. The van der Waals surface area contributed by atoms with Gasteiger partial charge in [0, 0.05) is 6.61 Å². The first kappa shape index (κ1) is 14.2. The Labute approximate surface area is 90.4 Å². The number of ether oxygens (including phenoxy) is 1. The Morgan fingerprint density at radius 1 is 1.27 bits per heavy atom. The van der Waals surface area contributed by atoms with Crippen LogP contribution in [-0.2, 0) is 4.74 Å². The van der Waals surface area contributed by atoms with Crippen molar-refractivity contribution in [3.8, 4) is 0 Å². The van der Waals surface area contributed by atoms with E-state index in [4.69, 9.17) is 14.9 Å². The Morgan fingerprint density at radius 3 is 2.13 bits per heavy atom. The molecular weight excluding hydrogens is 198 g/mol. The molecule has 90 valence electrons. The molecule has 0 aromatic carbocycles. The zero-order valence-electron chi connectivity index (χ0n) is 9.83. The van der Waals surface area contributed by atoms with Crippen molar-refractivity contribution in [1.29, 1.82) is 0 Å². The fourth-order valence-corrected chi connectivity index (χ4v) is 0.978. The van der Waals surface area contributed by atoms with Crippen LogP contribution in [0.4, 0.5) is 4.79 Å². The molecule has 0 spiro atoms. The van der Waals surface area contributed by atoms with Crippen molar-refractivity contribution >= 4 is 6.09 Å². The van der Waals surface area contributed by atoms with E-state index in [1.54, 1.807) is 27.7 Å². The summed E-state index contributed by atoms with van der Waals surface area (Å²) in [6.07, 6.45) is -0.310. The molecule has 0 unspecified atom stereocenters. The number of nitrogens with one attached hydrogen (secondary N) is 1. The lowest BCUT2D eigenvalue weighted by atomic mass is 10.0. The van der Waals surface area contributed by atoms with Gasteiger partial charge in [0.1, 0.15) is 5.60 Å². The fourth-order valence-electron chi connectivity index (χ4n) is 0.978. The summed E-state index contributed by atoms with van der Waals surface area (Å²) < 4.78 is 5.04. The van der Waals surface area contributed by atoms with E-state index in [0.717, 1.165) is 0 Å². The highest BCUT2D eigenvalue weighted by Crippen LogP contribution is 2.11. The van der Waals surface area contributed by atoms with E-state index in [-0.39, 0.29) is 19.6 Å². The monoisotopic (exact) mass is 219 g/mol. The average Bonchev–Trinajstić information content (AvgIpc) is 2.00. The largest absolute Gasteiger partial charge is 0.444 e. The zero-order chi connectivity index (χ0) is 12.1. The molecule has 0 aliphatic carbocycles. The second kappa shape index (κ2) is 5.32. The standard InChI is InChI=1S/C10H21NO4/c1-9(2,3)15-8(14)11-10(4,7-13)5-6-12/h12-13H,5-7H2,1-4H3,(H,11,14)/t10-/m0/s1. The number of carbonyl (C=O) groups is 1. The molecule has 0 saturated heterocycles. The van der Waals surface area contributed by atoms with Crippen LogP contribution in [0.15, 0.2) is 0 Å². The normalized spacial score (nSPS) is 15.6. The van der Waals surface area contributed by atoms with Crippen LogP contribution in [0.3, 0.4) is 0 Å². The van der Waals surface area contributed by atoms with E-state index in [1.807, 2.05) is 0 Å². The van der Waals surface area contributed by atoms with Gasteiger partial charge >= 0.3 is 6.09 Å². The van der Waals surface area contributed by atoms with Crippen LogP contribution >= 0.6 is 0 Å². The van der Waals surface area contributed by atoms with Gasteiger partial charge in [-0.3, -0.25) is 0 Å². The topological polar surface area (TPSA) is 78.8 Å². The minimum atomic E-state index is -0.836. The van der Waals surface area contributed by atoms with Gasteiger partial charge in [0.2, 0.25) is 0 Å².